The predicted octanol–water partition coefficient (Wildman–Crippen LogP) is 1.52. The van der Waals surface area contributed by atoms with Gasteiger partial charge in [0.2, 0.25) is 0 Å². The summed E-state index contributed by atoms with van der Waals surface area (Å²) in [5.74, 6) is 6.61. The maximum absolute atomic E-state index is 5.73. The second-order valence-corrected chi connectivity index (χ2v) is 4.41. The van der Waals surface area contributed by atoms with Crippen LogP contribution in [-0.2, 0) is 7.05 Å². The van der Waals surface area contributed by atoms with Gasteiger partial charge in [-0.1, -0.05) is 18.2 Å². The van der Waals surface area contributed by atoms with Gasteiger partial charge in [0, 0.05) is 31.0 Å². The minimum absolute atomic E-state index is 0.159. The van der Waals surface area contributed by atoms with Crippen LogP contribution in [0.25, 0.3) is 10.9 Å². The Labute approximate surface area is 111 Å². The summed E-state index contributed by atoms with van der Waals surface area (Å²) >= 11 is 0. The topological polar surface area (TPSA) is 68.8 Å². The SMILES string of the molecule is Cn1ccnc1C(NN)c1cccc2ncccc12. The second-order valence-electron chi connectivity index (χ2n) is 4.41. The lowest BCUT2D eigenvalue weighted by Crippen LogP contribution is -2.31. The van der Waals surface area contributed by atoms with Crippen LogP contribution in [0.3, 0.4) is 0 Å². The molecule has 0 saturated carbocycles. The number of pyridine rings is 1. The zero-order valence-corrected chi connectivity index (χ0v) is 10.6. The molecule has 19 heavy (non-hydrogen) atoms. The number of imidazole rings is 1. The molecule has 3 N–H and O–H groups in total. The van der Waals surface area contributed by atoms with Crippen LogP contribution in [-0.4, -0.2) is 14.5 Å². The van der Waals surface area contributed by atoms with Crippen molar-refractivity contribution in [3.05, 3.63) is 60.3 Å². The number of aromatic nitrogens is 3. The van der Waals surface area contributed by atoms with Gasteiger partial charge in [0.15, 0.2) is 0 Å². The summed E-state index contributed by atoms with van der Waals surface area (Å²) in [6.45, 7) is 0. The highest BCUT2D eigenvalue weighted by molar-refractivity contribution is 5.82. The van der Waals surface area contributed by atoms with E-state index in [-0.39, 0.29) is 6.04 Å². The van der Waals surface area contributed by atoms with Gasteiger partial charge in [0.1, 0.15) is 11.9 Å². The van der Waals surface area contributed by atoms with E-state index >= 15 is 0 Å². The second kappa shape index (κ2) is 4.79. The molecule has 1 unspecified atom stereocenters. The first-order chi connectivity index (χ1) is 9.31. The molecule has 0 aliphatic heterocycles. The average molecular weight is 253 g/mol. The molecule has 96 valence electrons. The van der Waals surface area contributed by atoms with E-state index in [1.54, 1.807) is 12.4 Å². The van der Waals surface area contributed by atoms with Gasteiger partial charge in [-0.15, -0.1) is 0 Å². The Bertz CT molecular complexity index is 698. The number of nitrogens with one attached hydrogen (secondary N) is 1. The fourth-order valence-electron chi connectivity index (χ4n) is 2.34. The summed E-state index contributed by atoms with van der Waals surface area (Å²) in [6.07, 6.45) is 5.46. The molecule has 0 aliphatic carbocycles. The smallest absolute Gasteiger partial charge is 0.131 e. The number of benzene rings is 1. The van der Waals surface area contributed by atoms with Gasteiger partial charge < -0.3 is 4.57 Å². The molecule has 2 heterocycles. The Morgan fingerprint density at radius 3 is 2.79 bits per heavy atom. The van der Waals surface area contributed by atoms with Crippen molar-refractivity contribution in [3.63, 3.8) is 0 Å². The molecule has 0 fully saturated rings. The number of rotatable bonds is 3. The van der Waals surface area contributed by atoms with Crippen LogP contribution >= 0.6 is 0 Å². The van der Waals surface area contributed by atoms with Crippen LogP contribution in [0, 0.1) is 0 Å². The van der Waals surface area contributed by atoms with Crippen molar-refractivity contribution in [1.82, 2.24) is 20.0 Å². The van der Waals surface area contributed by atoms with Crippen molar-refractivity contribution in [3.8, 4) is 0 Å². The standard InChI is InChI=1S/C14H15N5/c1-19-9-8-17-14(19)13(18-15)11-4-2-6-12-10(11)5-3-7-16-12/h2-9,13,18H,15H2,1H3. The molecule has 1 atom stereocenters. The molecular weight excluding hydrogens is 238 g/mol. The van der Waals surface area contributed by atoms with Gasteiger partial charge in [-0.05, 0) is 17.7 Å². The predicted molar refractivity (Wildman–Crippen MR) is 74.1 cm³/mol. The van der Waals surface area contributed by atoms with E-state index in [0.29, 0.717) is 0 Å². The monoisotopic (exact) mass is 253 g/mol. The van der Waals surface area contributed by atoms with Crippen molar-refractivity contribution >= 4 is 10.9 Å². The Kier molecular flexibility index (Phi) is 2.98. The van der Waals surface area contributed by atoms with E-state index < -0.39 is 0 Å². The number of aryl methyl sites for hydroxylation is 1. The molecule has 0 aliphatic rings. The largest absolute Gasteiger partial charge is 0.336 e. The molecule has 5 nitrogen and oxygen atoms in total. The fraction of sp³-hybridized carbons (Fsp3) is 0.143. The number of nitrogens with two attached hydrogens (primary N) is 1. The third kappa shape index (κ3) is 1.99. The lowest BCUT2D eigenvalue weighted by Gasteiger charge is -2.17. The van der Waals surface area contributed by atoms with Gasteiger partial charge in [0.05, 0.1) is 5.52 Å². The molecule has 3 rings (SSSR count). The molecule has 1 aromatic carbocycles. The van der Waals surface area contributed by atoms with E-state index in [4.69, 9.17) is 5.84 Å². The summed E-state index contributed by atoms with van der Waals surface area (Å²) in [4.78, 5) is 8.74. The molecule has 0 bridgehead atoms. The van der Waals surface area contributed by atoms with E-state index in [2.05, 4.69) is 15.4 Å². The molecule has 0 spiro atoms. The average Bonchev–Trinajstić information content (AvgIpc) is 2.86. The van der Waals surface area contributed by atoms with Crippen LogP contribution in [0.2, 0.25) is 0 Å². The molecular formula is C14H15N5. The fourth-order valence-corrected chi connectivity index (χ4v) is 2.34. The highest BCUT2D eigenvalue weighted by atomic mass is 15.3. The Balaban J connectivity index is 2.20. The molecule has 2 aromatic heterocycles. The summed E-state index contributed by atoms with van der Waals surface area (Å²) in [5, 5.41) is 1.08. The quantitative estimate of drug-likeness (QED) is 0.548. The number of hydrazine groups is 1. The first-order valence-electron chi connectivity index (χ1n) is 6.08. The van der Waals surface area contributed by atoms with E-state index in [1.807, 2.05) is 48.1 Å². The molecule has 5 heteroatoms. The number of nitrogens with zero attached hydrogens (tertiary/aromatic N) is 3. The molecule has 0 saturated heterocycles. The summed E-state index contributed by atoms with van der Waals surface area (Å²) in [5.41, 5.74) is 4.87. The lowest BCUT2D eigenvalue weighted by molar-refractivity contribution is 0.583. The Hall–Kier alpha value is -2.24. The van der Waals surface area contributed by atoms with Crippen molar-refractivity contribution < 1.29 is 0 Å². The Morgan fingerprint density at radius 1 is 1.16 bits per heavy atom. The van der Waals surface area contributed by atoms with Crippen LogP contribution in [0.4, 0.5) is 0 Å². The summed E-state index contributed by atoms with van der Waals surface area (Å²) in [6, 6.07) is 9.84. The van der Waals surface area contributed by atoms with E-state index in [9.17, 15) is 0 Å². The first kappa shape index (κ1) is 11.8. The van der Waals surface area contributed by atoms with Crippen molar-refractivity contribution in [2.45, 2.75) is 6.04 Å². The van der Waals surface area contributed by atoms with Crippen LogP contribution in [0.5, 0.6) is 0 Å². The van der Waals surface area contributed by atoms with E-state index in [1.165, 1.54) is 0 Å². The number of fused-ring (bicyclic) bond motifs is 1. The highest BCUT2D eigenvalue weighted by Crippen LogP contribution is 2.26. The van der Waals surface area contributed by atoms with E-state index in [0.717, 1.165) is 22.3 Å². The minimum atomic E-state index is -0.159. The maximum atomic E-state index is 5.73. The normalized spacial score (nSPS) is 12.7. The third-order valence-corrected chi connectivity index (χ3v) is 3.27. The van der Waals surface area contributed by atoms with Gasteiger partial charge in [-0.3, -0.25) is 10.8 Å². The molecule has 3 aromatic rings. The van der Waals surface area contributed by atoms with Crippen LogP contribution < -0.4 is 11.3 Å². The number of hydrogen-bond donors (Lipinski definition) is 2. The minimum Gasteiger partial charge on any atom is -0.336 e. The highest BCUT2D eigenvalue weighted by Gasteiger charge is 2.18. The zero-order valence-electron chi connectivity index (χ0n) is 10.6. The van der Waals surface area contributed by atoms with Gasteiger partial charge in [-0.2, -0.15) is 0 Å². The Morgan fingerprint density at radius 2 is 2.05 bits per heavy atom. The van der Waals surface area contributed by atoms with Crippen molar-refractivity contribution in [2.75, 3.05) is 0 Å². The van der Waals surface area contributed by atoms with Crippen LogP contribution in [0.15, 0.2) is 48.9 Å². The zero-order chi connectivity index (χ0) is 13.2. The molecule has 0 amide bonds. The van der Waals surface area contributed by atoms with Crippen molar-refractivity contribution in [2.24, 2.45) is 12.9 Å². The maximum Gasteiger partial charge on any atom is 0.131 e. The van der Waals surface area contributed by atoms with Gasteiger partial charge in [0.25, 0.3) is 0 Å². The van der Waals surface area contributed by atoms with Gasteiger partial charge in [-0.25, -0.2) is 10.4 Å². The first-order valence-corrected chi connectivity index (χ1v) is 6.08. The van der Waals surface area contributed by atoms with Gasteiger partial charge >= 0.3 is 0 Å². The third-order valence-electron chi connectivity index (χ3n) is 3.27. The van der Waals surface area contributed by atoms with Crippen molar-refractivity contribution in [1.29, 1.82) is 0 Å². The molecule has 0 radical (unpaired) electrons. The summed E-state index contributed by atoms with van der Waals surface area (Å²) < 4.78 is 1.96. The number of hydrogen-bond acceptors (Lipinski definition) is 4. The lowest BCUT2D eigenvalue weighted by atomic mass is 10.0. The van der Waals surface area contributed by atoms with Crippen LogP contribution in [0.1, 0.15) is 17.4 Å². The summed E-state index contributed by atoms with van der Waals surface area (Å²) in [7, 11) is 1.95.